The van der Waals surface area contributed by atoms with Crippen molar-refractivity contribution in [3.63, 3.8) is 0 Å². The van der Waals surface area contributed by atoms with E-state index in [0.29, 0.717) is 0 Å². The minimum Gasteiger partial charge on any atom is -0.381 e. The van der Waals surface area contributed by atoms with Crippen LogP contribution in [0.25, 0.3) is 0 Å². The second-order valence-corrected chi connectivity index (χ2v) is 7.38. The van der Waals surface area contributed by atoms with Gasteiger partial charge in [-0.2, -0.15) is 5.10 Å². The highest BCUT2D eigenvalue weighted by Gasteiger charge is 2.29. The summed E-state index contributed by atoms with van der Waals surface area (Å²) in [5.41, 5.74) is 1.46. The number of hydrogen-bond donors (Lipinski definition) is 1. The average molecular weight is 359 g/mol. The molecule has 1 N–H and O–H groups in total. The lowest BCUT2D eigenvalue weighted by molar-refractivity contribution is 0.207. The van der Waals surface area contributed by atoms with E-state index in [4.69, 9.17) is 0 Å². The molecular formula is C13H19BrN4OS. The van der Waals surface area contributed by atoms with Gasteiger partial charge in [-0.3, -0.25) is 4.68 Å². The van der Waals surface area contributed by atoms with Gasteiger partial charge >= 0.3 is 0 Å². The third kappa shape index (κ3) is 2.94. The van der Waals surface area contributed by atoms with Crippen LogP contribution in [0.15, 0.2) is 10.7 Å². The van der Waals surface area contributed by atoms with Crippen molar-refractivity contribution >= 4 is 27.5 Å². The molecule has 2 rings (SSSR count). The molecule has 2 aromatic rings. The van der Waals surface area contributed by atoms with Crippen molar-refractivity contribution in [2.24, 2.45) is 0 Å². The van der Waals surface area contributed by atoms with Crippen LogP contribution in [0.1, 0.15) is 56.5 Å². The first-order valence-electron chi connectivity index (χ1n) is 6.58. The van der Waals surface area contributed by atoms with Crippen molar-refractivity contribution in [2.45, 2.75) is 52.2 Å². The van der Waals surface area contributed by atoms with Crippen molar-refractivity contribution in [1.29, 1.82) is 0 Å². The molecule has 7 heteroatoms. The molecule has 5 nitrogen and oxygen atoms in total. The maximum absolute atomic E-state index is 10.7. The van der Waals surface area contributed by atoms with Gasteiger partial charge in [0.05, 0.1) is 26.9 Å². The average Bonchev–Trinajstić information content (AvgIpc) is 2.95. The lowest BCUT2D eigenvalue weighted by Crippen LogP contribution is -2.17. The number of aliphatic hydroxyl groups is 1. The Morgan fingerprint density at radius 3 is 2.75 bits per heavy atom. The number of aromatic nitrogens is 4. The fourth-order valence-electron chi connectivity index (χ4n) is 2.05. The Bertz CT molecular complexity index is 587. The maximum atomic E-state index is 10.7. The molecule has 0 amide bonds. The molecule has 1 unspecified atom stereocenters. The van der Waals surface area contributed by atoms with Crippen LogP contribution in [0, 0.1) is 0 Å². The summed E-state index contributed by atoms with van der Waals surface area (Å²) in [4.78, 5) is 0.788. The van der Waals surface area contributed by atoms with Crippen LogP contribution in [-0.2, 0) is 12.0 Å². The van der Waals surface area contributed by atoms with Gasteiger partial charge in [-0.25, -0.2) is 0 Å². The van der Waals surface area contributed by atoms with E-state index in [2.05, 4.69) is 58.3 Å². The van der Waals surface area contributed by atoms with Crippen LogP contribution in [0.2, 0.25) is 0 Å². The Labute approximate surface area is 131 Å². The Kier molecular flexibility index (Phi) is 4.61. The molecule has 0 aliphatic rings. The molecule has 0 radical (unpaired) electrons. The zero-order chi connectivity index (χ0) is 14.9. The van der Waals surface area contributed by atoms with Crippen molar-refractivity contribution in [3.05, 3.63) is 26.9 Å². The monoisotopic (exact) mass is 358 g/mol. The summed E-state index contributed by atoms with van der Waals surface area (Å²) in [6, 6.07) is 0. The van der Waals surface area contributed by atoms with Gasteiger partial charge < -0.3 is 5.11 Å². The normalized spacial score (nSPS) is 13.7. The zero-order valence-corrected chi connectivity index (χ0v) is 14.5. The molecule has 0 aromatic carbocycles. The Morgan fingerprint density at radius 2 is 2.15 bits per heavy atom. The molecule has 0 saturated carbocycles. The van der Waals surface area contributed by atoms with E-state index < -0.39 is 6.10 Å². The smallest absolute Gasteiger partial charge is 0.134 e. The third-order valence-electron chi connectivity index (χ3n) is 3.00. The molecule has 0 aliphatic heterocycles. The third-order valence-corrected chi connectivity index (χ3v) is 4.39. The molecule has 20 heavy (non-hydrogen) atoms. The van der Waals surface area contributed by atoms with Crippen LogP contribution < -0.4 is 0 Å². The van der Waals surface area contributed by atoms with Gasteiger partial charge in [0.2, 0.25) is 0 Å². The summed E-state index contributed by atoms with van der Waals surface area (Å²) in [5.74, 6) is 0. The highest BCUT2D eigenvalue weighted by molar-refractivity contribution is 9.10. The van der Waals surface area contributed by atoms with Gasteiger partial charge in [0, 0.05) is 12.0 Å². The highest BCUT2D eigenvalue weighted by Crippen LogP contribution is 2.36. The van der Waals surface area contributed by atoms with Gasteiger partial charge in [0.1, 0.15) is 6.10 Å². The van der Waals surface area contributed by atoms with E-state index in [-0.39, 0.29) is 5.41 Å². The zero-order valence-electron chi connectivity index (χ0n) is 12.1. The summed E-state index contributed by atoms with van der Waals surface area (Å²) in [5, 5.41) is 19.2. The van der Waals surface area contributed by atoms with Gasteiger partial charge in [-0.15, -0.1) is 5.10 Å². The predicted molar refractivity (Wildman–Crippen MR) is 82.9 cm³/mol. The summed E-state index contributed by atoms with van der Waals surface area (Å²) in [6.45, 7) is 9.06. The number of halogens is 1. The fraction of sp³-hybridized carbons (Fsp3) is 0.615. The number of aliphatic hydroxyl groups excluding tert-OH is 1. The SMILES string of the molecule is CCCn1ncc(Br)c1C(O)c1snnc1C(C)(C)C. The quantitative estimate of drug-likeness (QED) is 0.910. The molecule has 0 saturated heterocycles. The molecule has 0 spiro atoms. The standard InChI is InChI=1S/C13H19BrN4OS/c1-5-6-18-9(8(14)7-15-18)10(19)11-12(13(2,3)4)16-17-20-11/h7,10,19H,5-6H2,1-4H3. The summed E-state index contributed by atoms with van der Waals surface area (Å²) < 4.78 is 6.66. The van der Waals surface area contributed by atoms with E-state index in [1.54, 1.807) is 6.20 Å². The van der Waals surface area contributed by atoms with Crippen LogP contribution in [-0.4, -0.2) is 24.5 Å². The van der Waals surface area contributed by atoms with Crippen molar-refractivity contribution in [3.8, 4) is 0 Å². The van der Waals surface area contributed by atoms with Crippen molar-refractivity contribution in [2.75, 3.05) is 0 Å². The molecule has 1 atom stereocenters. The number of rotatable bonds is 4. The Balaban J connectivity index is 2.44. The largest absolute Gasteiger partial charge is 0.381 e. The van der Waals surface area contributed by atoms with E-state index in [1.807, 2.05) is 4.68 Å². The predicted octanol–water partition coefficient (Wildman–Crippen LogP) is 3.29. The fourth-order valence-corrected chi connectivity index (χ4v) is 3.42. The highest BCUT2D eigenvalue weighted by atomic mass is 79.9. The topological polar surface area (TPSA) is 63.8 Å². The van der Waals surface area contributed by atoms with E-state index in [1.165, 1.54) is 11.5 Å². The molecule has 2 heterocycles. The second kappa shape index (κ2) is 5.91. The number of hydrogen-bond acceptors (Lipinski definition) is 5. The second-order valence-electron chi connectivity index (χ2n) is 5.74. The summed E-state index contributed by atoms with van der Waals surface area (Å²) >= 11 is 4.71. The number of nitrogens with zero attached hydrogens (tertiary/aromatic N) is 4. The molecular weight excluding hydrogens is 340 g/mol. The summed E-state index contributed by atoms with van der Waals surface area (Å²) in [7, 11) is 0. The van der Waals surface area contributed by atoms with Gasteiger partial charge in [0.15, 0.2) is 0 Å². The Hall–Kier alpha value is -0.790. The molecule has 0 aliphatic carbocycles. The molecule has 110 valence electrons. The number of aryl methyl sites for hydroxylation is 1. The molecule has 2 aromatic heterocycles. The molecule has 0 bridgehead atoms. The van der Waals surface area contributed by atoms with Gasteiger partial charge in [-0.05, 0) is 33.9 Å². The first-order valence-corrected chi connectivity index (χ1v) is 8.15. The maximum Gasteiger partial charge on any atom is 0.134 e. The lowest BCUT2D eigenvalue weighted by atomic mass is 9.90. The first kappa shape index (κ1) is 15.6. The lowest BCUT2D eigenvalue weighted by Gasteiger charge is -2.19. The van der Waals surface area contributed by atoms with E-state index in [0.717, 1.165) is 33.7 Å². The van der Waals surface area contributed by atoms with Gasteiger partial charge in [-0.1, -0.05) is 32.2 Å². The van der Waals surface area contributed by atoms with Crippen LogP contribution in [0.3, 0.4) is 0 Å². The van der Waals surface area contributed by atoms with Crippen molar-refractivity contribution < 1.29 is 5.11 Å². The van der Waals surface area contributed by atoms with E-state index in [9.17, 15) is 5.11 Å². The van der Waals surface area contributed by atoms with Crippen LogP contribution in [0.4, 0.5) is 0 Å². The van der Waals surface area contributed by atoms with E-state index >= 15 is 0 Å². The van der Waals surface area contributed by atoms with Crippen molar-refractivity contribution in [1.82, 2.24) is 19.4 Å². The van der Waals surface area contributed by atoms with Crippen LogP contribution >= 0.6 is 27.5 Å². The Morgan fingerprint density at radius 1 is 1.45 bits per heavy atom. The van der Waals surface area contributed by atoms with Crippen LogP contribution in [0.5, 0.6) is 0 Å². The first-order chi connectivity index (χ1) is 9.36. The minimum absolute atomic E-state index is 0.147. The van der Waals surface area contributed by atoms with Gasteiger partial charge in [0.25, 0.3) is 0 Å². The summed E-state index contributed by atoms with van der Waals surface area (Å²) in [6.07, 6.45) is 1.92. The minimum atomic E-state index is -0.757. The molecule has 0 fully saturated rings.